The Morgan fingerprint density at radius 3 is 2.64 bits per heavy atom. The monoisotopic (exact) mass is 305 g/mol. The van der Waals surface area contributed by atoms with E-state index < -0.39 is 0 Å². The van der Waals surface area contributed by atoms with E-state index in [0.717, 1.165) is 18.2 Å². The van der Waals surface area contributed by atoms with E-state index in [1.807, 2.05) is 13.0 Å². The van der Waals surface area contributed by atoms with Crippen LogP contribution in [0.5, 0.6) is 5.88 Å². The lowest BCUT2D eigenvalue weighted by Crippen LogP contribution is -2.12. The molecule has 1 N–H and O–H groups in total. The maximum atomic E-state index is 5.63. The van der Waals surface area contributed by atoms with Crippen LogP contribution in [0.2, 0.25) is 0 Å². The maximum Gasteiger partial charge on any atom is 0.218 e. The number of aromatic nitrogens is 2. The molecular formula is C18H31N3O. The Hall–Kier alpha value is -1.32. The normalized spacial score (nSPS) is 15.7. The molecule has 1 heterocycles. The second kappa shape index (κ2) is 9.65. The van der Waals surface area contributed by atoms with Gasteiger partial charge in [0, 0.05) is 18.5 Å². The van der Waals surface area contributed by atoms with Gasteiger partial charge in [0.2, 0.25) is 5.88 Å². The molecule has 0 amide bonds. The van der Waals surface area contributed by atoms with Crippen LogP contribution in [0.15, 0.2) is 6.07 Å². The first-order valence-corrected chi connectivity index (χ1v) is 9.09. The van der Waals surface area contributed by atoms with E-state index >= 15 is 0 Å². The van der Waals surface area contributed by atoms with Crippen molar-refractivity contribution < 1.29 is 4.74 Å². The highest BCUT2D eigenvalue weighted by Crippen LogP contribution is 2.32. The third-order valence-electron chi connectivity index (χ3n) is 4.32. The maximum absolute atomic E-state index is 5.63. The summed E-state index contributed by atoms with van der Waals surface area (Å²) in [7, 11) is 0. The number of anilines is 1. The summed E-state index contributed by atoms with van der Waals surface area (Å²) in [4.78, 5) is 9.39. The van der Waals surface area contributed by atoms with Gasteiger partial charge in [-0.1, -0.05) is 45.4 Å². The van der Waals surface area contributed by atoms with Crippen LogP contribution >= 0.6 is 0 Å². The predicted octanol–water partition coefficient (Wildman–Crippen LogP) is 4.92. The van der Waals surface area contributed by atoms with Crippen LogP contribution in [0.25, 0.3) is 0 Å². The molecule has 1 fully saturated rings. The quantitative estimate of drug-likeness (QED) is 0.658. The fraction of sp³-hybridized carbons (Fsp3) is 0.778. The van der Waals surface area contributed by atoms with E-state index in [0.29, 0.717) is 18.4 Å². The summed E-state index contributed by atoms with van der Waals surface area (Å²) in [5.74, 6) is 3.13. The Bertz CT molecular complexity index is 430. The average Bonchev–Trinajstić information content (AvgIpc) is 2.56. The number of rotatable bonds is 9. The molecule has 4 nitrogen and oxygen atoms in total. The number of ether oxygens (including phenoxy) is 1. The minimum absolute atomic E-state index is 0.509. The van der Waals surface area contributed by atoms with E-state index in [1.54, 1.807) is 0 Å². The first kappa shape index (κ1) is 17.0. The number of hydrogen-bond donors (Lipinski definition) is 1. The first-order chi connectivity index (χ1) is 10.8. The fourth-order valence-corrected chi connectivity index (χ4v) is 3.07. The molecule has 1 saturated carbocycles. The number of unbranched alkanes of at least 4 members (excludes halogenated alkanes) is 3. The number of nitrogens with one attached hydrogen (secondary N) is 1. The van der Waals surface area contributed by atoms with Gasteiger partial charge in [-0.3, -0.25) is 0 Å². The molecule has 0 aromatic carbocycles. The average molecular weight is 305 g/mol. The Labute approximate surface area is 135 Å². The van der Waals surface area contributed by atoms with E-state index in [9.17, 15) is 0 Å². The summed E-state index contributed by atoms with van der Waals surface area (Å²) in [5.41, 5.74) is 0. The van der Waals surface area contributed by atoms with Crippen molar-refractivity contribution in [2.75, 3.05) is 18.5 Å². The van der Waals surface area contributed by atoms with Crippen molar-refractivity contribution >= 4 is 5.82 Å². The van der Waals surface area contributed by atoms with Gasteiger partial charge in [0.15, 0.2) is 0 Å². The third kappa shape index (κ3) is 5.47. The Balaban J connectivity index is 1.99. The van der Waals surface area contributed by atoms with Crippen LogP contribution in [0.4, 0.5) is 5.82 Å². The van der Waals surface area contributed by atoms with Gasteiger partial charge < -0.3 is 10.1 Å². The van der Waals surface area contributed by atoms with Crippen LogP contribution in [-0.4, -0.2) is 23.1 Å². The topological polar surface area (TPSA) is 47.0 Å². The minimum atomic E-state index is 0.509. The second-order valence-electron chi connectivity index (χ2n) is 6.21. The van der Waals surface area contributed by atoms with Gasteiger partial charge >= 0.3 is 0 Å². The van der Waals surface area contributed by atoms with E-state index in [2.05, 4.69) is 17.2 Å². The second-order valence-corrected chi connectivity index (χ2v) is 6.21. The van der Waals surface area contributed by atoms with Crippen molar-refractivity contribution in [3.05, 3.63) is 11.9 Å². The molecule has 0 atom stereocenters. The van der Waals surface area contributed by atoms with Crippen LogP contribution in [0, 0.1) is 0 Å². The molecule has 0 aliphatic heterocycles. The highest BCUT2D eigenvalue weighted by atomic mass is 16.5. The molecule has 0 radical (unpaired) electrons. The van der Waals surface area contributed by atoms with Crippen LogP contribution in [-0.2, 0) is 0 Å². The smallest absolute Gasteiger partial charge is 0.218 e. The molecule has 1 aliphatic rings. The first-order valence-electron chi connectivity index (χ1n) is 9.09. The van der Waals surface area contributed by atoms with Gasteiger partial charge in [-0.25, -0.2) is 4.98 Å². The predicted molar refractivity (Wildman–Crippen MR) is 91.7 cm³/mol. The third-order valence-corrected chi connectivity index (χ3v) is 4.32. The summed E-state index contributed by atoms with van der Waals surface area (Å²) in [6.45, 7) is 5.87. The lowest BCUT2D eigenvalue weighted by molar-refractivity contribution is 0.322. The van der Waals surface area contributed by atoms with E-state index in [4.69, 9.17) is 9.72 Å². The van der Waals surface area contributed by atoms with Crippen molar-refractivity contribution in [3.63, 3.8) is 0 Å². The van der Waals surface area contributed by atoms with Gasteiger partial charge in [-0.05, 0) is 26.2 Å². The largest absolute Gasteiger partial charge is 0.478 e. The Morgan fingerprint density at radius 1 is 1.09 bits per heavy atom. The summed E-state index contributed by atoms with van der Waals surface area (Å²) in [5, 5.41) is 3.45. The highest BCUT2D eigenvalue weighted by Gasteiger charge is 2.19. The molecule has 1 aliphatic carbocycles. The zero-order valence-corrected chi connectivity index (χ0v) is 14.2. The van der Waals surface area contributed by atoms with Gasteiger partial charge in [-0.2, -0.15) is 4.98 Å². The summed E-state index contributed by atoms with van der Waals surface area (Å²) < 4.78 is 5.63. The lowest BCUT2D eigenvalue weighted by Gasteiger charge is -2.21. The number of nitrogens with zero attached hydrogens (tertiary/aromatic N) is 2. The minimum Gasteiger partial charge on any atom is -0.478 e. The van der Waals surface area contributed by atoms with Crippen molar-refractivity contribution in [2.45, 2.75) is 77.6 Å². The summed E-state index contributed by atoms with van der Waals surface area (Å²) in [6.07, 6.45) is 11.4. The lowest BCUT2D eigenvalue weighted by atomic mass is 9.89. The molecular weight excluding hydrogens is 274 g/mol. The highest BCUT2D eigenvalue weighted by molar-refractivity contribution is 5.39. The molecule has 124 valence electrons. The molecule has 2 rings (SSSR count). The SMILES string of the molecule is CCCCCCNc1cc(OCC)nc(C2CCCCC2)n1. The molecule has 0 bridgehead atoms. The van der Waals surface area contributed by atoms with E-state index in [-0.39, 0.29) is 0 Å². The molecule has 1 aromatic rings. The zero-order valence-electron chi connectivity index (χ0n) is 14.2. The van der Waals surface area contributed by atoms with Crippen LogP contribution < -0.4 is 10.1 Å². The molecule has 22 heavy (non-hydrogen) atoms. The van der Waals surface area contributed by atoms with Crippen molar-refractivity contribution in [2.24, 2.45) is 0 Å². The summed E-state index contributed by atoms with van der Waals surface area (Å²) >= 11 is 0. The van der Waals surface area contributed by atoms with Crippen LogP contribution in [0.1, 0.15) is 83.4 Å². The zero-order chi connectivity index (χ0) is 15.6. The van der Waals surface area contributed by atoms with E-state index in [1.165, 1.54) is 57.8 Å². The molecule has 1 aromatic heterocycles. The summed E-state index contributed by atoms with van der Waals surface area (Å²) in [6, 6.07) is 1.94. The van der Waals surface area contributed by atoms with Gasteiger partial charge in [0.25, 0.3) is 0 Å². The molecule has 0 spiro atoms. The van der Waals surface area contributed by atoms with Gasteiger partial charge in [-0.15, -0.1) is 0 Å². The molecule has 4 heteroatoms. The van der Waals surface area contributed by atoms with Gasteiger partial charge in [0.1, 0.15) is 11.6 Å². The molecule has 0 unspecified atom stereocenters. The van der Waals surface area contributed by atoms with Crippen molar-refractivity contribution in [3.8, 4) is 5.88 Å². The molecule has 0 saturated heterocycles. The fourth-order valence-electron chi connectivity index (χ4n) is 3.07. The van der Waals surface area contributed by atoms with Gasteiger partial charge in [0.05, 0.1) is 6.61 Å². The van der Waals surface area contributed by atoms with Crippen molar-refractivity contribution in [1.29, 1.82) is 0 Å². The Kier molecular flexibility index (Phi) is 7.47. The van der Waals surface area contributed by atoms with Crippen LogP contribution in [0.3, 0.4) is 0 Å². The standard InChI is InChI=1S/C18H31N3O/c1-3-5-6-10-13-19-16-14-17(22-4-2)21-18(20-16)15-11-8-7-9-12-15/h14-15H,3-13H2,1-2H3,(H,19,20,21). The Morgan fingerprint density at radius 2 is 1.91 bits per heavy atom. The number of hydrogen-bond acceptors (Lipinski definition) is 4. The van der Waals surface area contributed by atoms with Crippen molar-refractivity contribution in [1.82, 2.24) is 9.97 Å².